The molecule has 0 spiro atoms. The van der Waals surface area contributed by atoms with E-state index in [2.05, 4.69) is 4.84 Å². The minimum Gasteiger partial charge on any atom is -0.493 e. The molecule has 33 heavy (non-hydrogen) atoms. The molecule has 1 fully saturated rings. The van der Waals surface area contributed by atoms with Crippen LogP contribution < -0.4 is 15.2 Å². The fourth-order valence-electron chi connectivity index (χ4n) is 3.82. The van der Waals surface area contributed by atoms with Gasteiger partial charge < -0.3 is 24.8 Å². The first-order valence-corrected chi connectivity index (χ1v) is 11.1. The van der Waals surface area contributed by atoms with Crippen LogP contribution in [0.3, 0.4) is 0 Å². The predicted molar refractivity (Wildman–Crippen MR) is 120 cm³/mol. The van der Waals surface area contributed by atoms with Crippen LogP contribution in [0.5, 0.6) is 11.5 Å². The Bertz CT molecular complexity index is 834. The van der Waals surface area contributed by atoms with Gasteiger partial charge in [0.1, 0.15) is 0 Å². The molecule has 2 N–H and O–H groups in total. The van der Waals surface area contributed by atoms with Crippen LogP contribution in [0.4, 0.5) is 0 Å². The molecule has 10 nitrogen and oxygen atoms in total. The van der Waals surface area contributed by atoms with Gasteiger partial charge in [-0.2, -0.15) is 0 Å². The van der Waals surface area contributed by atoms with Crippen LogP contribution in [-0.2, 0) is 19.2 Å². The third kappa shape index (κ3) is 9.09. The molecule has 1 aliphatic rings. The van der Waals surface area contributed by atoms with E-state index in [1.807, 2.05) is 0 Å². The molecular weight excluding hydrogens is 432 g/mol. The van der Waals surface area contributed by atoms with E-state index in [9.17, 15) is 19.7 Å². The minimum absolute atomic E-state index is 0.0374. The summed E-state index contributed by atoms with van der Waals surface area (Å²) >= 11 is 0. The van der Waals surface area contributed by atoms with E-state index in [4.69, 9.17) is 19.9 Å². The van der Waals surface area contributed by atoms with Crippen LogP contribution in [0.25, 0.3) is 6.08 Å². The Balaban J connectivity index is 1.86. The van der Waals surface area contributed by atoms with E-state index in [-0.39, 0.29) is 31.0 Å². The Morgan fingerprint density at radius 3 is 2.55 bits per heavy atom. The number of hydrogen-bond donors (Lipinski definition) is 1. The first-order chi connectivity index (χ1) is 15.9. The van der Waals surface area contributed by atoms with Gasteiger partial charge in [0.25, 0.3) is 5.09 Å². The van der Waals surface area contributed by atoms with Crippen LogP contribution in [0.2, 0.25) is 0 Å². The highest BCUT2D eigenvalue weighted by Crippen LogP contribution is 2.39. The Kier molecular flexibility index (Phi) is 10.6. The van der Waals surface area contributed by atoms with Gasteiger partial charge in [0.2, 0.25) is 0 Å². The zero-order valence-electron chi connectivity index (χ0n) is 19.0. The fraction of sp³-hybridized carbons (Fsp3) is 0.565. The molecule has 0 amide bonds. The van der Waals surface area contributed by atoms with Gasteiger partial charge in [-0.15, -0.1) is 10.1 Å². The van der Waals surface area contributed by atoms with Gasteiger partial charge in [-0.1, -0.05) is 25.3 Å². The van der Waals surface area contributed by atoms with Gasteiger partial charge >= 0.3 is 11.9 Å². The summed E-state index contributed by atoms with van der Waals surface area (Å²) in [7, 11) is 1.47. The van der Waals surface area contributed by atoms with E-state index >= 15 is 0 Å². The quantitative estimate of drug-likeness (QED) is 0.116. The lowest BCUT2D eigenvalue weighted by Crippen LogP contribution is -2.36. The van der Waals surface area contributed by atoms with Crippen LogP contribution in [0, 0.1) is 15.5 Å². The molecule has 1 aromatic carbocycles. The Hall–Kier alpha value is -3.14. The van der Waals surface area contributed by atoms with Crippen LogP contribution in [-0.4, -0.2) is 43.9 Å². The maximum absolute atomic E-state index is 12.6. The Morgan fingerprint density at radius 2 is 1.88 bits per heavy atom. The standard InChI is InChI=1S/C23H32N2O8/c1-30-20-15-18(8-10-21(26)31-13-5-6-14-32-25(28)29)7-9-19(20)33-22(27)16-23(17-24)11-3-2-4-12-23/h7-10,15H,2-6,11-14,16-17,24H2,1H3. The van der Waals surface area contributed by atoms with E-state index in [0.29, 0.717) is 36.4 Å². The van der Waals surface area contributed by atoms with Gasteiger partial charge in [-0.25, -0.2) is 4.79 Å². The molecule has 0 aromatic heterocycles. The number of esters is 2. The van der Waals surface area contributed by atoms with Crippen LogP contribution in [0.15, 0.2) is 24.3 Å². The number of benzene rings is 1. The summed E-state index contributed by atoms with van der Waals surface area (Å²) in [5.74, 6) is -0.201. The lowest BCUT2D eigenvalue weighted by atomic mass is 9.72. The van der Waals surface area contributed by atoms with Crippen LogP contribution in [0.1, 0.15) is 56.9 Å². The summed E-state index contributed by atoms with van der Waals surface area (Å²) in [6, 6.07) is 4.97. The average Bonchev–Trinajstić information content (AvgIpc) is 2.80. The summed E-state index contributed by atoms with van der Waals surface area (Å²) < 4.78 is 15.9. The summed E-state index contributed by atoms with van der Waals surface area (Å²) in [6.45, 7) is 0.558. The third-order valence-electron chi connectivity index (χ3n) is 5.67. The second-order valence-corrected chi connectivity index (χ2v) is 8.09. The number of carbonyl (C=O) groups excluding carboxylic acids is 2. The molecule has 0 heterocycles. The maximum Gasteiger partial charge on any atom is 0.330 e. The first-order valence-electron chi connectivity index (χ1n) is 11.1. The third-order valence-corrected chi connectivity index (χ3v) is 5.67. The molecule has 0 saturated heterocycles. The van der Waals surface area contributed by atoms with Crippen molar-refractivity contribution in [1.29, 1.82) is 0 Å². The molecule has 0 unspecified atom stereocenters. The molecule has 182 valence electrons. The number of rotatable bonds is 13. The summed E-state index contributed by atoms with van der Waals surface area (Å²) in [6.07, 6.45) is 9.14. The zero-order chi connectivity index (χ0) is 24.1. The number of methoxy groups -OCH3 is 1. The van der Waals surface area contributed by atoms with Gasteiger partial charge in [0, 0.05) is 6.08 Å². The van der Waals surface area contributed by atoms with Gasteiger partial charge in [0.15, 0.2) is 11.5 Å². The minimum atomic E-state index is -0.858. The highest BCUT2D eigenvalue weighted by molar-refractivity contribution is 5.87. The highest BCUT2D eigenvalue weighted by Gasteiger charge is 2.34. The fourth-order valence-corrected chi connectivity index (χ4v) is 3.82. The number of hydrogen-bond acceptors (Lipinski definition) is 9. The molecule has 10 heteroatoms. The van der Waals surface area contributed by atoms with Gasteiger partial charge in [-0.05, 0) is 61.4 Å². The van der Waals surface area contributed by atoms with Gasteiger partial charge in [0.05, 0.1) is 26.7 Å². The Labute approximate surface area is 193 Å². The van der Waals surface area contributed by atoms with Crippen molar-refractivity contribution in [3.63, 3.8) is 0 Å². The lowest BCUT2D eigenvalue weighted by molar-refractivity contribution is -0.757. The van der Waals surface area contributed by atoms with E-state index in [1.54, 1.807) is 24.3 Å². The lowest BCUT2D eigenvalue weighted by Gasteiger charge is -2.35. The SMILES string of the molecule is COc1cc(C=CC(=O)OCCCCO[N+](=O)[O-])ccc1OC(=O)CC1(CN)CCCCC1. The molecular formula is C23H32N2O8. The van der Waals surface area contributed by atoms with E-state index < -0.39 is 11.1 Å². The number of unbranched alkanes of at least 4 members (excludes halogenated alkanes) is 1. The van der Waals surface area contributed by atoms with Crippen molar-refractivity contribution in [2.75, 3.05) is 26.9 Å². The van der Waals surface area contributed by atoms with Crippen molar-refractivity contribution in [2.24, 2.45) is 11.1 Å². The topological polar surface area (TPSA) is 140 Å². The monoisotopic (exact) mass is 464 g/mol. The zero-order valence-corrected chi connectivity index (χ0v) is 19.0. The molecule has 1 aromatic rings. The van der Waals surface area contributed by atoms with Crippen LogP contribution >= 0.6 is 0 Å². The van der Waals surface area contributed by atoms with Crippen molar-refractivity contribution in [3.05, 3.63) is 40.0 Å². The van der Waals surface area contributed by atoms with Gasteiger partial charge in [-0.3, -0.25) is 4.79 Å². The Morgan fingerprint density at radius 1 is 1.15 bits per heavy atom. The number of ether oxygens (including phenoxy) is 3. The molecule has 1 saturated carbocycles. The molecule has 0 radical (unpaired) electrons. The highest BCUT2D eigenvalue weighted by atomic mass is 16.9. The average molecular weight is 465 g/mol. The molecule has 0 atom stereocenters. The maximum atomic E-state index is 12.6. The molecule has 2 rings (SSSR count). The summed E-state index contributed by atoms with van der Waals surface area (Å²) in [5, 5.41) is 9.18. The van der Waals surface area contributed by atoms with Crippen molar-refractivity contribution in [2.45, 2.75) is 51.4 Å². The smallest absolute Gasteiger partial charge is 0.330 e. The summed E-state index contributed by atoms with van der Waals surface area (Å²) in [4.78, 5) is 38.6. The van der Waals surface area contributed by atoms with Crippen molar-refractivity contribution >= 4 is 18.0 Å². The molecule has 0 bridgehead atoms. The number of nitrogens with two attached hydrogens (primary N) is 1. The second-order valence-electron chi connectivity index (χ2n) is 8.09. The number of nitrogens with zero attached hydrogens (tertiary/aromatic N) is 1. The van der Waals surface area contributed by atoms with E-state index in [1.165, 1.54) is 19.6 Å². The molecule has 0 aliphatic heterocycles. The number of carbonyl (C=O) groups is 2. The predicted octanol–water partition coefficient (Wildman–Crippen LogP) is 3.44. The van der Waals surface area contributed by atoms with Crippen molar-refractivity contribution in [3.8, 4) is 11.5 Å². The van der Waals surface area contributed by atoms with Crippen molar-refractivity contribution in [1.82, 2.24) is 0 Å². The molecule has 1 aliphatic carbocycles. The first kappa shape index (κ1) is 26.1. The summed E-state index contributed by atoms with van der Waals surface area (Å²) in [5.41, 5.74) is 6.44. The van der Waals surface area contributed by atoms with E-state index in [0.717, 1.165) is 25.7 Å². The largest absolute Gasteiger partial charge is 0.493 e. The normalized spacial score (nSPS) is 15.1. The second kappa shape index (κ2) is 13.4. The van der Waals surface area contributed by atoms with Crippen molar-refractivity contribution < 1.29 is 33.7 Å².